The van der Waals surface area contributed by atoms with Crippen molar-refractivity contribution in [3.05, 3.63) is 54.4 Å². The summed E-state index contributed by atoms with van der Waals surface area (Å²) in [7, 11) is 0. The van der Waals surface area contributed by atoms with E-state index >= 15 is 0 Å². The number of nitrogens with one attached hydrogen (secondary N) is 1. The molecule has 0 atom stereocenters. The largest absolute Gasteiger partial charge is 0.361 e. The highest BCUT2D eigenvalue weighted by atomic mass is 16.5. The van der Waals surface area contributed by atoms with Crippen molar-refractivity contribution in [2.45, 2.75) is 13.8 Å². The molecule has 5 nitrogen and oxygen atoms in total. The lowest BCUT2D eigenvalue weighted by Crippen LogP contribution is -1.85. The second-order valence-corrected chi connectivity index (χ2v) is 5.26. The van der Waals surface area contributed by atoms with Crippen molar-refractivity contribution in [1.29, 1.82) is 0 Å². The molecule has 4 heterocycles. The fourth-order valence-corrected chi connectivity index (χ4v) is 2.78. The van der Waals surface area contributed by atoms with Crippen LogP contribution in [0.15, 0.2) is 47.5 Å². The molecule has 4 aromatic rings. The number of pyridine rings is 2. The Hall–Kier alpha value is -2.95. The number of nitrogens with zero attached hydrogens (tertiary/aromatic N) is 3. The van der Waals surface area contributed by atoms with E-state index in [0.29, 0.717) is 0 Å². The number of hydrogen-bond acceptors (Lipinski definition) is 4. The van der Waals surface area contributed by atoms with Gasteiger partial charge in [0.05, 0.1) is 16.7 Å². The lowest BCUT2D eigenvalue weighted by molar-refractivity contribution is 0.393. The van der Waals surface area contributed by atoms with E-state index in [2.05, 4.69) is 26.2 Å². The van der Waals surface area contributed by atoms with Crippen molar-refractivity contribution in [2.75, 3.05) is 0 Å². The summed E-state index contributed by atoms with van der Waals surface area (Å²) in [6.45, 7) is 3.85. The SMILES string of the molecule is Cc1noc(C)c1-c1cnc2c(-c3cccnc3)c[nH]c2c1. The first kappa shape index (κ1) is 12.8. The molecule has 22 heavy (non-hydrogen) atoms. The zero-order valence-corrected chi connectivity index (χ0v) is 12.3. The Labute approximate surface area is 127 Å². The minimum absolute atomic E-state index is 0.803. The van der Waals surface area contributed by atoms with Gasteiger partial charge in [0.25, 0.3) is 0 Å². The van der Waals surface area contributed by atoms with Crippen molar-refractivity contribution >= 4 is 11.0 Å². The predicted octanol–water partition coefficient (Wildman–Crippen LogP) is 3.90. The van der Waals surface area contributed by atoms with Crippen molar-refractivity contribution in [2.24, 2.45) is 0 Å². The number of fused-ring (bicyclic) bond motifs is 1. The zero-order valence-electron chi connectivity index (χ0n) is 12.3. The topological polar surface area (TPSA) is 67.6 Å². The number of aromatic amines is 1. The second kappa shape index (κ2) is 4.80. The number of rotatable bonds is 2. The normalized spacial score (nSPS) is 11.2. The summed E-state index contributed by atoms with van der Waals surface area (Å²) in [5, 5.41) is 4.00. The maximum atomic E-state index is 5.24. The Morgan fingerprint density at radius 1 is 1.14 bits per heavy atom. The molecule has 0 radical (unpaired) electrons. The number of aromatic nitrogens is 4. The molecule has 0 aliphatic rings. The Balaban J connectivity index is 1.88. The van der Waals surface area contributed by atoms with Crippen molar-refractivity contribution in [1.82, 2.24) is 20.1 Å². The van der Waals surface area contributed by atoms with Crippen LogP contribution in [0.5, 0.6) is 0 Å². The van der Waals surface area contributed by atoms with Gasteiger partial charge in [-0.05, 0) is 26.0 Å². The average molecular weight is 290 g/mol. The van der Waals surface area contributed by atoms with Crippen LogP contribution >= 0.6 is 0 Å². The highest BCUT2D eigenvalue weighted by molar-refractivity contribution is 5.94. The Morgan fingerprint density at radius 3 is 2.77 bits per heavy atom. The molecular formula is C17H14N4O. The molecule has 4 aromatic heterocycles. The third-order valence-electron chi connectivity index (χ3n) is 3.81. The zero-order chi connectivity index (χ0) is 15.1. The maximum absolute atomic E-state index is 5.24. The van der Waals surface area contributed by atoms with Crippen molar-refractivity contribution in [3.8, 4) is 22.3 Å². The standard InChI is InChI=1S/C17H14N4O/c1-10-16(11(2)22-21-10)13-6-15-17(20-8-13)14(9-19-15)12-4-3-5-18-7-12/h3-9,19H,1-2H3. The minimum atomic E-state index is 0.803. The fourth-order valence-electron chi connectivity index (χ4n) is 2.78. The van der Waals surface area contributed by atoms with Crippen LogP contribution < -0.4 is 0 Å². The fraction of sp³-hybridized carbons (Fsp3) is 0.118. The molecule has 0 fully saturated rings. The van der Waals surface area contributed by atoms with E-state index in [0.717, 1.165) is 44.7 Å². The number of hydrogen-bond donors (Lipinski definition) is 1. The van der Waals surface area contributed by atoms with Gasteiger partial charge in [0.1, 0.15) is 5.76 Å². The molecule has 0 amide bonds. The third kappa shape index (κ3) is 1.90. The van der Waals surface area contributed by atoms with Crippen LogP contribution in [0.4, 0.5) is 0 Å². The molecule has 4 rings (SSSR count). The Morgan fingerprint density at radius 2 is 2.05 bits per heavy atom. The van der Waals surface area contributed by atoms with E-state index in [1.165, 1.54) is 0 Å². The molecule has 0 aliphatic heterocycles. The van der Waals surface area contributed by atoms with Crippen molar-refractivity contribution < 1.29 is 4.52 Å². The van der Waals surface area contributed by atoms with Gasteiger partial charge in [-0.15, -0.1) is 0 Å². The van der Waals surface area contributed by atoms with Crippen LogP contribution in [-0.2, 0) is 0 Å². The third-order valence-corrected chi connectivity index (χ3v) is 3.81. The van der Waals surface area contributed by atoms with Crippen LogP contribution in [0.25, 0.3) is 33.3 Å². The van der Waals surface area contributed by atoms with Gasteiger partial charge in [0, 0.05) is 47.0 Å². The summed E-state index contributed by atoms with van der Waals surface area (Å²) >= 11 is 0. The molecule has 0 spiro atoms. The minimum Gasteiger partial charge on any atom is -0.361 e. The maximum Gasteiger partial charge on any atom is 0.141 e. The van der Waals surface area contributed by atoms with Crippen LogP contribution in [0, 0.1) is 13.8 Å². The monoisotopic (exact) mass is 290 g/mol. The summed E-state index contributed by atoms with van der Waals surface area (Å²) in [6.07, 6.45) is 7.43. The van der Waals surface area contributed by atoms with Gasteiger partial charge in [0.2, 0.25) is 0 Å². The molecule has 0 unspecified atom stereocenters. The van der Waals surface area contributed by atoms with Gasteiger partial charge in [-0.1, -0.05) is 11.2 Å². The predicted molar refractivity (Wildman–Crippen MR) is 84.3 cm³/mol. The summed E-state index contributed by atoms with van der Waals surface area (Å²) in [5.74, 6) is 0.803. The molecule has 0 saturated carbocycles. The molecular weight excluding hydrogens is 276 g/mol. The molecule has 0 aliphatic carbocycles. The summed E-state index contributed by atoms with van der Waals surface area (Å²) < 4.78 is 5.24. The summed E-state index contributed by atoms with van der Waals surface area (Å²) in [4.78, 5) is 12.1. The van der Waals surface area contributed by atoms with E-state index in [1.54, 1.807) is 6.20 Å². The van der Waals surface area contributed by atoms with Crippen molar-refractivity contribution in [3.63, 3.8) is 0 Å². The average Bonchev–Trinajstić information content (AvgIpc) is 3.11. The molecule has 1 N–H and O–H groups in total. The highest BCUT2D eigenvalue weighted by Gasteiger charge is 2.14. The number of aryl methyl sites for hydroxylation is 2. The first-order chi connectivity index (χ1) is 10.7. The molecule has 0 bridgehead atoms. The van der Waals surface area contributed by atoms with Gasteiger partial charge in [-0.2, -0.15) is 0 Å². The second-order valence-electron chi connectivity index (χ2n) is 5.26. The van der Waals surface area contributed by atoms with Crippen LogP contribution in [0.3, 0.4) is 0 Å². The van der Waals surface area contributed by atoms with Gasteiger partial charge in [-0.3, -0.25) is 9.97 Å². The lowest BCUT2D eigenvalue weighted by Gasteiger charge is -2.01. The van der Waals surface area contributed by atoms with Crippen LogP contribution in [0.1, 0.15) is 11.5 Å². The Kier molecular flexibility index (Phi) is 2.79. The number of H-pyrrole nitrogens is 1. The van der Waals surface area contributed by atoms with Crippen LogP contribution in [-0.4, -0.2) is 20.1 Å². The molecule has 5 heteroatoms. The van der Waals surface area contributed by atoms with Gasteiger partial charge >= 0.3 is 0 Å². The van der Waals surface area contributed by atoms with Crippen LogP contribution in [0.2, 0.25) is 0 Å². The lowest BCUT2D eigenvalue weighted by atomic mass is 10.0. The van der Waals surface area contributed by atoms with Gasteiger partial charge in [-0.25, -0.2) is 0 Å². The Bertz CT molecular complexity index is 934. The summed E-state index contributed by atoms with van der Waals surface area (Å²) in [6, 6.07) is 6.03. The molecule has 108 valence electrons. The van der Waals surface area contributed by atoms with Gasteiger partial charge < -0.3 is 9.51 Å². The molecule has 0 saturated heterocycles. The van der Waals surface area contributed by atoms with Gasteiger partial charge in [0.15, 0.2) is 0 Å². The first-order valence-electron chi connectivity index (χ1n) is 7.05. The highest BCUT2D eigenvalue weighted by Crippen LogP contribution is 2.31. The van der Waals surface area contributed by atoms with E-state index in [9.17, 15) is 0 Å². The van der Waals surface area contributed by atoms with E-state index in [4.69, 9.17) is 4.52 Å². The quantitative estimate of drug-likeness (QED) is 0.608. The smallest absolute Gasteiger partial charge is 0.141 e. The van der Waals surface area contributed by atoms with E-state index < -0.39 is 0 Å². The van der Waals surface area contributed by atoms with E-state index in [1.807, 2.05) is 44.6 Å². The summed E-state index contributed by atoms with van der Waals surface area (Å²) in [5.41, 5.74) is 6.90. The molecule has 0 aromatic carbocycles. The van der Waals surface area contributed by atoms with E-state index in [-0.39, 0.29) is 0 Å². The first-order valence-corrected chi connectivity index (χ1v) is 7.05.